The third-order valence-electron chi connectivity index (χ3n) is 2.24. The van der Waals surface area contributed by atoms with Crippen LogP contribution in [0, 0.1) is 17.8 Å². The molecular weight excluding hydrogens is 151 g/mol. The first kappa shape index (κ1) is 6.52. The number of hydrogen-bond acceptors (Lipinski definition) is 2. The maximum atomic E-state index is 12.4. The van der Waals surface area contributed by atoms with Gasteiger partial charge < -0.3 is 5.11 Å². The fraction of sp³-hybridized carbons (Fsp3) is 0.429. The highest BCUT2D eigenvalue weighted by Crippen LogP contribution is 2.54. The molecule has 0 heterocycles. The zero-order valence-electron chi connectivity index (χ0n) is 5.45. The van der Waals surface area contributed by atoms with Gasteiger partial charge in [0, 0.05) is 11.8 Å². The van der Waals surface area contributed by atoms with Crippen molar-refractivity contribution < 1.29 is 19.1 Å². The Labute approximate surface area is 61.5 Å². The Morgan fingerprint density at radius 3 is 2.64 bits per heavy atom. The van der Waals surface area contributed by atoms with Gasteiger partial charge in [0.2, 0.25) is 0 Å². The minimum Gasteiger partial charge on any atom is -0.481 e. The van der Waals surface area contributed by atoms with Crippen LogP contribution in [0.5, 0.6) is 0 Å². The first-order chi connectivity index (χ1) is 5.13. The van der Waals surface area contributed by atoms with Crippen molar-refractivity contribution in [1.29, 1.82) is 0 Å². The minimum absolute atomic E-state index is 0.361. The third-order valence-corrected chi connectivity index (χ3v) is 2.24. The van der Waals surface area contributed by atoms with Crippen LogP contribution in [0.15, 0.2) is 11.9 Å². The molecule has 1 saturated carbocycles. The summed E-state index contributed by atoms with van der Waals surface area (Å²) in [4.78, 5) is 21.1. The fourth-order valence-electron chi connectivity index (χ4n) is 1.61. The molecule has 2 aliphatic rings. The highest BCUT2D eigenvalue weighted by Gasteiger charge is 2.62. The summed E-state index contributed by atoms with van der Waals surface area (Å²) in [5.41, 5.74) is 0. The van der Waals surface area contributed by atoms with Gasteiger partial charge in [-0.1, -0.05) is 0 Å². The number of carboxylic acid groups (broad SMARTS) is 1. The predicted molar refractivity (Wildman–Crippen MR) is 32.3 cm³/mol. The Morgan fingerprint density at radius 2 is 2.27 bits per heavy atom. The molecule has 0 unspecified atom stereocenters. The van der Waals surface area contributed by atoms with Crippen molar-refractivity contribution in [2.45, 2.75) is 0 Å². The Hall–Kier alpha value is -1.19. The summed E-state index contributed by atoms with van der Waals surface area (Å²) < 4.78 is 12.4. The lowest BCUT2D eigenvalue weighted by Crippen LogP contribution is -2.08. The van der Waals surface area contributed by atoms with E-state index in [-0.39, 0.29) is 5.92 Å². The number of fused-ring (bicyclic) bond motifs is 1. The van der Waals surface area contributed by atoms with Crippen LogP contribution in [-0.4, -0.2) is 16.9 Å². The number of halogens is 1. The van der Waals surface area contributed by atoms with Gasteiger partial charge in [0.05, 0.1) is 5.92 Å². The van der Waals surface area contributed by atoms with Gasteiger partial charge in [0.15, 0.2) is 11.6 Å². The van der Waals surface area contributed by atoms with Crippen LogP contribution in [-0.2, 0) is 9.59 Å². The molecule has 0 saturated heterocycles. The van der Waals surface area contributed by atoms with Gasteiger partial charge in [0.1, 0.15) is 0 Å². The number of hydrogen-bond donors (Lipinski definition) is 1. The van der Waals surface area contributed by atoms with E-state index < -0.39 is 29.4 Å². The van der Waals surface area contributed by atoms with E-state index in [0.29, 0.717) is 0 Å². The zero-order chi connectivity index (χ0) is 8.17. The Balaban J connectivity index is 2.22. The lowest BCUT2D eigenvalue weighted by molar-refractivity contribution is -0.140. The van der Waals surface area contributed by atoms with Crippen LogP contribution in [0.1, 0.15) is 0 Å². The Morgan fingerprint density at radius 1 is 1.64 bits per heavy atom. The second-order valence-electron chi connectivity index (χ2n) is 2.85. The number of rotatable bonds is 1. The summed E-state index contributed by atoms with van der Waals surface area (Å²) in [6.45, 7) is 0. The molecule has 2 rings (SSSR count). The first-order valence-corrected chi connectivity index (χ1v) is 3.27. The molecule has 0 bridgehead atoms. The van der Waals surface area contributed by atoms with Crippen molar-refractivity contribution in [1.82, 2.24) is 0 Å². The largest absolute Gasteiger partial charge is 0.481 e. The number of aliphatic carboxylic acids is 1. The Bertz CT molecular complexity index is 281. The van der Waals surface area contributed by atoms with Gasteiger partial charge >= 0.3 is 5.97 Å². The first-order valence-electron chi connectivity index (χ1n) is 3.27. The highest BCUT2D eigenvalue weighted by molar-refractivity contribution is 6.04. The minimum atomic E-state index is -1.00. The molecule has 0 aromatic carbocycles. The van der Waals surface area contributed by atoms with E-state index in [2.05, 4.69) is 0 Å². The number of Topliss-reactive ketones (excluding diaryl/α,β-unsaturated/α-hetero) is 1. The molecule has 3 atom stereocenters. The monoisotopic (exact) mass is 156 g/mol. The van der Waals surface area contributed by atoms with E-state index >= 15 is 0 Å². The van der Waals surface area contributed by atoms with Crippen LogP contribution in [0.25, 0.3) is 0 Å². The number of allylic oxidation sites excluding steroid dienone is 2. The molecule has 58 valence electrons. The van der Waals surface area contributed by atoms with Gasteiger partial charge in [-0.2, -0.15) is 0 Å². The molecule has 11 heavy (non-hydrogen) atoms. The zero-order valence-corrected chi connectivity index (χ0v) is 5.45. The lowest BCUT2D eigenvalue weighted by Gasteiger charge is -1.91. The average Bonchev–Trinajstić information content (AvgIpc) is 2.54. The molecule has 0 aromatic heterocycles. The molecule has 0 radical (unpaired) electrons. The van der Waals surface area contributed by atoms with Crippen LogP contribution in [0.3, 0.4) is 0 Å². The quantitative estimate of drug-likeness (QED) is 0.596. The van der Waals surface area contributed by atoms with Crippen molar-refractivity contribution in [2.24, 2.45) is 17.8 Å². The molecule has 0 aromatic rings. The SMILES string of the molecule is O=C(O)[C@H]1[C@@H]2C=C(F)C(=O)[C@@H]21. The average molecular weight is 156 g/mol. The molecule has 0 spiro atoms. The highest BCUT2D eigenvalue weighted by atomic mass is 19.1. The van der Waals surface area contributed by atoms with E-state index in [4.69, 9.17) is 5.11 Å². The van der Waals surface area contributed by atoms with E-state index in [0.717, 1.165) is 6.08 Å². The maximum absolute atomic E-state index is 12.4. The molecule has 1 N–H and O–H groups in total. The van der Waals surface area contributed by atoms with E-state index in [1.165, 1.54) is 0 Å². The molecule has 1 fully saturated rings. The number of carbonyl (C=O) groups excluding carboxylic acids is 1. The van der Waals surface area contributed by atoms with Crippen molar-refractivity contribution in [3.8, 4) is 0 Å². The van der Waals surface area contributed by atoms with Gasteiger partial charge in [-0.15, -0.1) is 0 Å². The van der Waals surface area contributed by atoms with Crippen LogP contribution in [0.2, 0.25) is 0 Å². The summed E-state index contributed by atoms with van der Waals surface area (Å²) in [7, 11) is 0. The van der Waals surface area contributed by atoms with Gasteiger partial charge in [-0.3, -0.25) is 9.59 Å². The standard InChI is InChI=1S/C7H5FO3/c8-3-1-2-4(6(3)9)5(2)7(10)11/h1-2,4-5H,(H,10,11)/t2-,4+,5+/m1/s1. The maximum Gasteiger partial charge on any atom is 0.307 e. The van der Waals surface area contributed by atoms with Crippen LogP contribution < -0.4 is 0 Å². The van der Waals surface area contributed by atoms with Crippen molar-refractivity contribution in [3.63, 3.8) is 0 Å². The fourth-order valence-corrected chi connectivity index (χ4v) is 1.61. The summed E-state index contributed by atoms with van der Waals surface area (Å²) >= 11 is 0. The summed E-state index contributed by atoms with van der Waals surface area (Å²) in [6, 6.07) is 0. The molecule has 0 amide bonds. The van der Waals surface area contributed by atoms with Gasteiger partial charge in [0.25, 0.3) is 0 Å². The van der Waals surface area contributed by atoms with Crippen molar-refractivity contribution in [2.75, 3.05) is 0 Å². The molecular formula is C7H5FO3. The second-order valence-corrected chi connectivity index (χ2v) is 2.85. The van der Waals surface area contributed by atoms with E-state index in [1.54, 1.807) is 0 Å². The molecule has 4 heteroatoms. The van der Waals surface area contributed by atoms with Crippen LogP contribution in [0.4, 0.5) is 4.39 Å². The number of carboxylic acids is 1. The predicted octanol–water partition coefficient (Wildman–Crippen LogP) is 0.369. The Kier molecular flexibility index (Phi) is 1.00. The van der Waals surface area contributed by atoms with Gasteiger partial charge in [-0.05, 0) is 6.08 Å². The van der Waals surface area contributed by atoms with Crippen molar-refractivity contribution in [3.05, 3.63) is 11.9 Å². The van der Waals surface area contributed by atoms with Crippen molar-refractivity contribution >= 4 is 11.8 Å². The summed E-state index contributed by atoms with van der Waals surface area (Å²) in [5.74, 6) is -4.01. The molecule has 2 aliphatic carbocycles. The number of ketones is 1. The summed E-state index contributed by atoms with van der Waals surface area (Å²) in [5, 5.41) is 8.46. The molecule has 0 aliphatic heterocycles. The normalized spacial score (nSPS) is 39.9. The van der Waals surface area contributed by atoms with Crippen LogP contribution >= 0.6 is 0 Å². The summed E-state index contributed by atoms with van der Waals surface area (Å²) in [6.07, 6.45) is 1.12. The lowest BCUT2D eigenvalue weighted by atomic mass is 10.2. The smallest absolute Gasteiger partial charge is 0.307 e. The molecule has 3 nitrogen and oxygen atoms in total. The van der Waals surface area contributed by atoms with E-state index in [9.17, 15) is 14.0 Å². The number of carbonyl (C=O) groups is 2. The van der Waals surface area contributed by atoms with E-state index in [1.807, 2.05) is 0 Å². The third kappa shape index (κ3) is 0.664. The second kappa shape index (κ2) is 1.69. The topological polar surface area (TPSA) is 54.4 Å². The van der Waals surface area contributed by atoms with Gasteiger partial charge in [-0.25, -0.2) is 4.39 Å².